The van der Waals surface area contributed by atoms with Gasteiger partial charge in [0.1, 0.15) is 0 Å². The van der Waals surface area contributed by atoms with Gasteiger partial charge in [-0.1, -0.05) is 34.6 Å². The Kier molecular flexibility index (Phi) is 1.85. The summed E-state index contributed by atoms with van der Waals surface area (Å²) in [6, 6.07) is 0. The van der Waals surface area contributed by atoms with Gasteiger partial charge in [-0.05, 0) is 47.8 Å². The van der Waals surface area contributed by atoms with Crippen LogP contribution >= 0.6 is 0 Å². The molecule has 76 valence electrons. The molecular formula is C13H24. The highest BCUT2D eigenvalue weighted by atomic mass is 14.6. The fourth-order valence-electron chi connectivity index (χ4n) is 3.98. The first-order chi connectivity index (χ1) is 5.89. The van der Waals surface area contributed by atoms with Crippen LogP contribution in [0.15, 0.2) is 0 Å². The third kappa shape index (κ3) is 1.04. The van der Waals surface area contributed by atoms with Crippen molar-refractivity contribution in [3.8, 4) is 0 Å². The first-order valence-corrected chi connectivity index (χ1v) is 5.89. The minimum Gasteiger partial charge on any atom is -0.0622 e. The molecule has 0 aliphatic heterocycles. The molecule has 3 atom stereocenters. The zero-order valence-electron chi connectivity index (χ0n) is 9.85. The van der Waals surface area contributed by atoms with Crippen molar-refractivity contribution in [3.63, 3.8) is 0 Å². The predicted octanol–water partition coefficient (Wildman–Crippen LogP) is 4.10. The molecular weight excluding hydrogens is 156 g/mol. The maximum atomic E-state index is 2.53. The van der Waals surface area contributed by atoms with Gasteiger partial charge in [0, 0.05) is 0 Å². The largest absolute Gasteiger partial charge is 0.0622 e. The molecule has 13 heavy (non-hydrogen) atoms. The number of hydrogen-bond acceptors (Lipinski definition) is 0. The van der Waals surface area contributed by atoms with Gasteiger partial charge in [0.25, 0.3) is 0 Å². The van der Waals surface area contributed by atoms with Crippen LogP contribution in [0.25, 0.3) is 0 Å². The first kappa shape index (κ1) is 9.55. The second-order valence-corrected chi connectivity index (χ2v) is 6.51. The highest BCUT2D eigenvalue weighted by Crippen LogP contribution is 2.67. The molecule has 0 aromatic heterocycles. The van der Waals surface area contributed by atoms with E-state index in [1.165, 1.54) is 19.3 Å². The molecule has 3 rings (SSSR count). The summed E-state index contributed by atoms with van der Waals surface area (Å²) >= 11 is 0. The summed E-state index contributed by atoms with van der Waals surface area (Å²) in [6.45, 7) is 12.3. The van der Waals surface area contributed by atoms with Gasteiger partial charge >= 0.3 is 0 Å². The van der Waals surface area contributed by atoms with E-state index in [2.05, 4.69) is 34.6 Å². The van der Waals surface area contributed by atoms with Crippen molar-refractivity contribution in [1.82, 2.24) is 0 Å². The summed E-state index contributed by atoms with van der Waals surface area (Å²) in [7, 11) is 0. The topological polar surface area (TPSA) is 0 Å². The van der Waals surface area contributed by atoms with E-state index in [1.54, 1.807) is 0 Å². The van der Waals surface area contributed by atoms with Crippen molar-refractivity contribution in [2.24, 2.45) is 28.6 Å². The SMILES string of the molecule is CC(C)C1(C)CCC2CC1C2(C)C. The summed E-state index contributed by atoms with van der Waals surface area (Å²) in [5, 5.41) is 0. The second kappa shape index (κ2) is 2.52. The lowest BCUT2D eigenvalue weighted by molar-refractivity contribution is -0.166. The van der Waals surface area contributed by atoms with Gasteiger partial charge in [-0.15, -0.1) is 0 Å². The third-order valence-electron chi connectivity index (χ3n) is 5.62. The molecule has 3 aliphatic rings. The Morgan fingerprint density at radius 3 is 2.08 bits per heavy atom. The van der Waals surface area contributed by atoms with Crippen LogP contribution in [0.5, 0.6) is 0 Å². The summed E-state index contributed by atoms with van der Waals surface area (Å²) in [6.07, 6.45) is 4.48. The lowest BCUT2D eigenvalue weighted by Crippen LogP contribution is -2.58. The molecule has 0 aromatic rings. The Bertz CT molecular complexity index is 212. The van der Waals surface area contributed by atoms with Crippen LogP contribution in [0.3, 0.4) is 0 Å². The van der Waals surface area contributed by atoms with Crippen molar-refractivity contribution in [2.45, 2.75) is 53.9 Å². The predicted molar refractivity (Wildman–Crippen MR) is 57.6 cm³/mol. The Morgan fingerprint density at radius 1 is 1.15 bits per heavy atom. The normalized spacial score (nSPS) is 47.5. The molecule has 2 bridgehead atoms. The molecule has 0 aromatic carbocycles. The Labute approximate surface area is 83.1 Å². The number of fused-ring (bicyclic) bond motifs is 2. The van der Waals surface area contributed by atoms with E-state index in [9.17, 15) is 0 Å². The molecule has 3 unspecified atom stereocenters. The van der Waals surface area contributed by atoms with Crippen LogP contribution < -0.4 is 0 Å². The third-order valence-corrected chi connectivity index (χ3v) is 5.62. The van der Waals surface area contributed by atoms with Gasteiger partial charge in [-0.2, -0.15) is 0 Å². The van der Waals surface area contributed by atoms with E-state index in [0.717, 1.165) is 17.8 Å². The van der Waals surface area contributed by atoms with E-state index in [-0.39, 0.29) is 0 Å². The lowest BCUT2D eigenvalue weighted by Gasteiger charge is -2.66. The highest BCUT2D eigenvalue weighted by Gasteiger charge is 2.59. The summed E-state index contributed by atoms with van der Waals surface area (Å²) in [5.74, 6) is 2.90. The van der Waals surface area contributed by atoms with Crippen molar-refractivity contribution in [2.75, 3.05) is 0 Å². The van der Waals surface area contributed by atoms with Gasteiger partial charge in [0.05, 0.1) is 0 Å². The smallest absolute Gasteiger partial charge is 0.0269 e. The lowest BCUT2D eigenvalue weighted by atomic mass is 9.39. The summed E-state index contributed by atoms with van der Waals surface area (Å²) in [4.78, 5) is 0. The molecule has 0 spiro atoms. The standard InChI is InChI=1S/C13H24/c1-9(2)13(5)7-6-10-8-11(13)12(10,3)4/h9-11H,6-8H2,1-5H3. The van der Waals surface area contributed by atoms with Crippen LogP contribution in [0.1, 0.15) is 53.9 Å². The second-order valence-electron chi connectivity index (χ2n) is 6.51. The minimum absolute atomic E-state index is 0.637. The minimum atomic E-state index is 0.637. The van der Waals surface area contributed by atoms with E-state index in [4.69, 9.17) is 0 Å². The molecule has 0 amide bonds. The zero-order valence-corrected chi connectivity index (χ0v) is 9.85. The van der Waals surface area contributed by atoms with Crippen molar-refractivity contribution >= 4 is 0 Å². The van der Waals surface area contributed by atoms with E-state index in [1.807, 2.05) is 0 Å². The molecule has 3 saturated carbocycles. The molecule has 3 fully saturated rings. The van der Waals surface area contributed by atoms with E-state index >= 15 is 0 Å². The fraction of sp³-hybridized carbons (Fsp3) is 1.00. The quantitative estimate of drug-likeness (QED) is 0.570. The Morgan fingerprint density at radius 2 is 1.77 bits per heavy atom. The molecule has 0 heteroatoms. The highest BCUT2D eigenvalue weighted by molar-refractivity contribution is 5.08. The zero-order chi connectivity index (χ0) is 9.85. The molecule has 0 saturated heterocycles. The Hall–Kier alpha value is 0. The molecule has 0 heterocycles. The van der Waals surface area contributed by atoms with Gasteiger partial charge < -0.3 is 0 Å². The van der Waals surface area contributed by atoms with Crippen molar-refractivity contribution in [1.29, 1.82) is 0 Å². The number of rotatable bonds is 1. The van der Waals surface area contributed by atoms with Crippen molar-refractivity contribution in [3.05, 3.63) is 0 Å². The maximum absolute atomic E-state index is 2.53. The van der Waals surface area contributed by atoms with Crippen LogP contribution in [-0.2, 0) is 0 Å². The average molecular weight is 180 g/mol. The molecule has 0 radical (unpaired) electrons. The monoisotopic (exact) mass is 180 g/mol. The maximum Gasteiger partial charge on any atom is -0.0269 e. The Balaban J connectivity index is 2.24. The van der Waals surface area contributed by atoms with Gasteiger partial charge in [0.2, 0.25) is 0 Å². The molecule has 0 N–H and O–H groups in total. The first-order valence-electron chi connectivity index (χ1n) is 5.89. The molecule has 3 aliphatic carbocycles. The van der Waals surface area contributed by atoms with Crippen LogP contribution in [0.2, 0.25) is 0 Å². The van der Waals surface area contributed by atoms with E-state index in [0.29, 0.717) is 10.8 Å². The van der Waals surface area contributed by atoms with Gasteiger partial charge in [-0.25, -0.2) is 0 Å². The van der Waals surface area contributed by atoms with Gasteiger partial charge in [0.15, 0.2) is 0 Å². The fourth-order valence-corrected chi connectivity index (χ4v) is 3.98. The summed E-state index contributed by atoms with van der Waals surface area (Å²) in [5.41, 5.74) is 1.29. The molecule has 0 nitrogen and oxygen atoms in total. The van der Waals surface area contributed by atoms with Crippen LogP contribution in [-0.4, -0.2) is 0 Å². The van der Waals surface area contributed by atoms with E-state index < -0.39 is 0 Å². The number of hydrogen-bond donors (Lipinski definition) is 0. The van der Waals surface area contributed by atoms with Gasteiger partial charge in [-0.3, -0.25) is 0 Å². The summed E-state index contributed by atoms with van der Waals surface area (Å²) < 4.78 is 0. The average Bonchev–Trinajstić information content (AvgIpc) is 2.03. The van der Waals surface area contributed by atoms with Crippen molar-refractivity contribution < 1.29 is 0 Å². The van der Waals surface area contributed by atoms with Crippen LogP contribution in [0.4, 0.5) is 0 Å². The van der Waals surface area contributed by atoms with Crippen LogP contribution in [0, 0.1) is 28.6 Å².